The van der Waals surface area contributed by atoms with E-state index in [1.165, 1.54) is 12.1 Å². The molecule has 0 saturated carbocycles. The number of nitro groups is 1. The Morgan fingerprint density at radius 1 is 0.932 bits per heavy atom. The summed E-state index contributed by atoms with van der Waals surface area (Å²) >= 11 is 0. The normalized spacial score (nSPS) is 16.9. The molecule has 0 unspecified atom stereocenters. The molecule has 6 rings (SSSR count). The van der Waals surface area contributed by atoms with Crippen LogP contribution >= 0.6 is 0 Å². The zero-order valence-electron chi connectivity index (χ0n) is 24.9. The molecule has 44 heavy (non-hydrogen) atoms. The van der Waals surface area contributed by atoms with Crippen molar-refractivity contribution in [2.75, 3.05) is 26.3 Å². The van der Waals surface area contributed by atoms with Gasteiger partial charge in [0.1, 0.15) is 17.7 Å². The number of nitrogens with zero attached hydrogens (tertiary/aromatic N) is 2. The van der Waals surface area contributed by atoms with Crippen molar-refractivity contribution in [2.45, 2.75) is 45.1 Å². The molecule has 1 saturated heterocycles. The third-order valence-corrected chi connectivity index (χ3v) is 8.82. The topological polar surface area (TPSA) is 55.6 Å². The van der Waals surface area contributed by atoms with Gasteiger partial charge in [0.05, 0.1) is 11.6 Å². The number of benzene rings is 4. The first-order valence-electron chi connectivity index (χ1n) is 15.3. The highest BCUT2D eigenvalue weighted by Crippen LogP contribution is 2.42. The van der Waals surface area contributed by atoms with E-state index in [0.717, 1.165) is 95.6 Å². The number of alkyl halides is 1. The number of aryl methyl sites for hydroxylation is 1. The highest BCUT2D eigenvalue weighted by atomic mass is 19.1. The minimum absolute atomic E-state index is 0.0641. The number of rotatable bonds is 9. The SMILES string of the molecule is Cc1c(F)cccc1C1=C(c2ccc(O[C@H]3CCN(CCCF)C3)cc2)c2ccc(-c3cccc([N+](=O)[O-])c3)cc2CCC1. The lowest BCUT2D eigenvalue weighted by Gasteiger charge is -2.20. The Balaban J connectivity index is 1.38. The summed E-state index contributed by atoms with van der Waals surface area (Å²) in [5, 5.41) is 11.4. The van der Waals surface area contributed by atoms with Crippen molar-refractivity contribution >= 4 is 16.8 Å². The molecular formula is C37H36F2N2O3. The molecule has 0 radical (unpaired) electrons. The lowest BCUT2D eigenvalue weighted by atomic mass is 9.85. The number of allylic oxidation sites excluding steroid dienone is 1. The van der Waals surface area contributed by atoms with E-state index in [9.17, 15) is 18.9 Å². The molecule has 1 atom stereocenters. The molecule has 0 N–H and O–H groups in total. The van der Waals surface area contributed by atoms with Gasteiger partial charge in [0.15, 0.2) is 0 Å². The lowest BCUT2D eigenvalue weighted by Crippen LogP contribution is -2.26. The van der Waals surface area contributed by atoms with Gasteiger partial charge in [-0.15, -0.1) is 0 Å². The van der Waals surface area contributed by atoms with Crippen LogP contribution in [0.25, 0.3) is 22.3 Å². The molecule has 7 heteroatoms. The third-order valence-electron chi connectivity index (χ3n) is 8.82. The number of ether oxygens (including phenoxy) is 1. The zero-order chi connectivity index (χ0) is 30.6. The Hall–Kier alpha value is -4.36. The van der Waals surface area contributed by atoms with Gasteiger partial charge in [-0.25, -0.2) is 4.39 Å². The van der Waals surface area contributed by atoms with Crippen LogP contribution in [0.3, 0.4) is 0 Å². The highest BCUT2D eigenvalue weighted by Gasteiger charge is 2.25. The van der Waals surface area contributed by atoms with Crippen molar-refractivity contribution in [1.29, 1.82) is 0 Å². The number of nitro benzene ring substituents is 1. The average molecular weight is 595 g/mol. The number of non-ortho nitro benzene ring substituents is 1. The largest absolute Gasteiger partial charge is 0.489 e. The zero-order valence-corrected chi connectivity index (χ0v) is 24.9. The average Bonchev–Trinajstić information content (AvgIpc) is 3.40. The number of hydrogen-bond acceptors (Lipinski definition) is 4. The molecule has 226 valence electrons. The van der Waals surface area contributed by atoms with E-state index in [0.29, 0.717) is 12.0 Å². The van der Waals surface area contributed by atoms with E-state index in [1.54, 1.807) is 18.2 Å². The number of halogens is 2. The molecule has 5 nitrogen and oxygen atoms in total. The summed E-state index contributed by atoms with van der Waals surface area (Å²) in [5.41, 5.74) is 8.79. The van der Waals surface area contributed by atoms with Crippen LogP contribution in [0, 0.1) is 22.9 Å². The summed E-state index contributed by atoms with van der Waals surface area (Å²) in [5.74, 6) is 0.575. The van der Waals surface area contributed by atoms with Crippen molar-refractivity contribution in [2.24, 2.45) is 0 Å². The third kappa shape index (κ3) is 6.29. The lowest BCUT2D eigenvalue weighted by molar-refractivity contribution is -0.384. The molecule has 4 aromatic carbocycles. The molecule has 0 aromatic heterocycles. The molecular weight excluding hydrogens is 558 g/mol. The van der Waals surface area contributed by atoms with Crippen LogP contribution < -0.4 is 4.74 Å². The number of likely N-dealkylation sites (tertiary alicyclic amines) is 1. The summed E-state index contributed by atoms with van der Waals surface area (Å²) in [6.45, 7) is 4.02. The molecule has 1 fully saturated rings. The van der Waals surface area contributed by atoms with E-state index in [1.807, 2.05) is 37.3 Å². The first kappa shape index (κ1) is 29.7. The van der Waals surface area contributed by atoms with E-state index in [-0.39, 0.29) is 29.2 Å². The summed E-state index contributed by atoms with van der Waals surface area (Å²) in [6.07, 6.45) is 4.06. The summed E-state index contributed by atoms with van der Waals surface area (Å²) in [7, 11) is 0. The van der Waals surface area contributed by atoms with Crippen molar-refractivity contribution in [3.63, 3.8) is 0 Å². The van der Waals surface area contributed by atoms with Crippen molar-refractivity contribution < 1.29 is 18.4 Å². The molecule has 4 aromatic rings. The van der Waals surface area contributed by atoms with Gasteiger partial charge in [-0.05, 0) is 107 Å². The van der Waals surface area contributed by atoms with E-state index in [2.05, 4.69) is 29.2 Å². The number of hydrogen-bond donors (Lipinski definition) is 0. The van der Waals surface area contributed by atoms with Crippen LogP contribution in [0.2, 0.25) is 0 Å². The van der Waals surface area contributed by atoms with Gasteiger partial charge in [0.25, 0.3) is 5.69 Å². The molecule has 1 aliphatic carbocycles. The maximum absolute atomic E-state index is 14.8. The molecule has 1 heterocycles. The fourth-order valence-corrected chi connectivity index (χ4v) is 6.57. The highest BCUT2D eigenvalue weighted by molar-refractivity contribution is 6.00. The molecule has 0 amide bonds. The Bertz CT molecular complexity index is 1700. The van der Waals surface area contributed by atoms with Gasteiger partial charge < -0.3 is 4.74 Å². The Kier molecular flexibility index (Phi) is 8.84. The van der Waals surface area contributed by atoms with Gasteiger partial charge in [-0.2, -0.15) is 0 Å². The van der Waals surface area contributed by atoms with Gasteiger partial charge >= 0.3 is 0 Å². The molecule has 0 spiro atoms. The van der Waals surface area contributed by atoms with Crippen LogP contribution in [0.4, 0.5) is 14.5 Å². The van der Waals surface area contributed by atoms with Crippen LogP contribution in [0.15, 0.2) is 84.9 Å². The fourth-order valence-electron chi connectivity index (χ4n) is 6.57. The van der Waals surface area contributed by atoms with Gasteiger partial charge in [-0.1, -0.05) is 54.6 Å². The second-order valence-electron chi connectivity index (χ2n) is 11.7. The Morgan fingerprint density at radius 3 is 2.50 bits per heavy atom. The molecule has 1 aliphatic heterocycles. The fraction of sp³-hybridized carbons (Fsp3) is 0.297. The monoisotopic (exact) mass is 594 g/mol. The van der Waals surface area contributed by atoms with Crippen molar-refractivity contribution in [3.05, 3.63) is 129 Å². The van der Waals surface area contributed by atoms with Crippen LogP contribution in [0.5, 0.6) is 5.75 Å². The predicted octanol–water partition coefficient (Wildman–Crippen LogP) is 8.82. The summed E-state index contributed by atoms with van der Waals surface area (Å²) in [4.78, 5) is 13.3. The van der Waals surface area contributed by atoms with E-state index in [4.69, 9.17) is 4.74 Å². The quantitative estimate of drug-likeness (QED) is 0.144. The van der Waals surface area contributed by atoms with Crippen molar-refractivity contribution in [1.82, 2.24) is 4.90 Å². The summed E-state index contributed by atoms with van der Waals surface area (Å²) < 4.78 is 33.7. The van der Waals surface area contributed by atoms with E-state index >= 15 is 0 Å². The first-order valence-corrected chi connectivity index (χ1v) is 15.3. The predicted molar refractivity (Wildman–Crippen MR) is 171 cm³/mol. The van der Waals surface area contributed by atoms with Crippen LogP contribution in [0.1, 0.15) is 53.5 Å². The Labute approximate surface area is 257 Å². The van der Waals surface area contributed by atoms with Crippen molar-refractivity contribution in [3.8, 4) is 16.9 Å². The van der Waals surface area contributed by atoms with Gasteiger partial charge in [0, 0.05) is 31.8 Å². The van der Waals surface area contributed by atoms with Crippen LogP contribution in [-0.2, 0) is 6.42 Å². The minimum Gasteiger partial charge on any atom is -0.489 e. The van der Waals surface area contributed by atoms with Crippen LogP contribution in [-0.4, -0.2) is 42.2 Å². The molecule has 0 bridgehead atoms. The van der Waals surface area contributed by atoms with Gasteiger partial charge in [-0.3, -0.25) is 19.4 Å². The number of fused-ring (bicyclic) bond motifs is 1. The maximum atomic E-state index is 14.8. The Morgan fingerprint density at radius 2 is 1.70 bits per heavy atom. The maximum Gasteiger partial charge on any atom is 0.270 e. The summed E-state index contributed by atoms with van der Waals surface area (Å²) in [6, 6.07) is 26.4. The molecule has 2 aliphatic rings. The second kappa shape index (κ2) is 13.1. The first-order chi connectivity index (χ1) is 21.4. The second-order valence-corrected chi connectivity index (χ2v) is 11.7. The smallest absolute Gasteiger partial charge is 0.270 e. The van der Waals surface area contributed by atoms with Gasteiger partial charge in [0.2, 0.25) is 0 Å². The van der Waals surface area contributed by atoms with E-state index < -0.39 is 0 Å². The standard InChI is InChI=1S/C37H36F2N2O3/c1-25-33(9-4-11-36(25)39)35-10-3-7-29-22-28(27-6-2-8-30(23-27)41(42)43)14-17-34(29)37(35)26-12-15-31(16-13-26)44-32-18-21-40(24-32)20-5-19-38/h2,4,6,8-9,11-17,22-23,32H,3,5,7,10,18-21,24H2,1H3/t32-/m0/s1. The minimum atomic E-state index is -0.371.